The molecule has 2 aromatic rings. The van der Waals surface area contributed by atoms with Gasteiger partial charge in [0.15, 0.2) is 0 Å². The van der Waals surface area contributed by atoms with Gasteiger partial charge >= 0.3 is 0 Å². The van der Waals surface area contributed by atoms with Crippen LogP contribution in [0.25, 0.3) is 0 Å². The van der Waals surface area contributed by atoms with Gasteiger partial charge in [0.05, 0.1) is 4.90 Å². The topological polar surface area (TPSA) is 72.2 Å². The largest absolute Gasteiger partial charge is 0.398 e. The molecule has 0 bridgehead atoms. The van der Waals surface area contributed by atoms with Gasteiger partial charge in [-0.15, -0.1) is 0 Å². The van der Waals surface area contributed by atoms with Crippen molar-refractivity contribution >= 4 is 31.6 Å². The fourth-order valence-electron chi connectivity index (χ4n) is 2.13. The van der Waals surface area contributed by atoms with E-state index in [-0.39, 0.29) is 10.9 Å². The van der Waals surface area contributed by atoms with E-state index in [1.54, 1.807) is 6.07 Å². The maximum absolute atomic E-state index is 12.4. The summed E-state index contributed by atoms with van der Waals surface area (Å²) in [6.45, 7) is 3.78. The van der Waals surface area contributed by atoms with Crippen LogP contribution in [0.4, 0.5) is 5.69 Å². The first-order valence-electron chi connectivity index (χ1n) is 6.44. The highest BCUT2D eigenvalue weighted by molar-refractivity contribution is 9.10. The molecule has 0 spiro atoms. The van der Waals surface area contributed by atoms with Crippen LogP contribution in [0.5, 0.6) is 0 Å². The van der Waals surface area contributed by atoms with Gasteiger partial charge in [0.2, 0.25) is 10.0 Å². The second kappa shape index (κ2) is 6.17. The third-order valence-electron chi connectivity index (χ3n) is 3.26. The van der Waals surface area contributed by atoms with E-state index in [4.69, 9.17) is 5.73 Å². The molecule has 0 radical (unpaired) electrons. The van der Waals surface area contributed by atoms with Gasteiger partial charge in [0.25, 0.3) is 0 Å². The summed E-state index contributed by atoms with van der Waals surface area (Å²) in [7, 11) is -3.61. The Morgan fingerprint density at radius 3 is 2.48 bits per heavy atom. The Kier molecular flexibility index (Phi) is 4.70. The molecule has 0 aliphatic carbocycles. The maximum Gasteiger partial charge on any atom is 0.241 e. The number of rotatable bonds is 4. The van der Waals surface area contributed by atoms with Crippen LogP contribution < -0.4 is 10.5 Å². The van der Waals surface area contributed by atoms with Crippen molar-refractivity contribution in [1.82, 2.24) is 4.72 Å². The van der Waals surface area contributed by atoms with E-state index in [9.17, 15) is 8.42 Å². The highest BCUT2D eigenvalue weighted by atomic mass is 79.9. The van der Waals surface area contributed by atoms with E-state index in [0.717, 1.165) is 11.1 Å². The quantitative estimate of drug-likeness (QED) is 0.812. The van der Waals surface area contributed by atoms with E-state index in [1.807, 2.05) is 38.1 Å². The minimum absolute atomic E-state index is 0.156. The molecule has 3 N–H and O–H groups in total. The first kappa shape index (κ1) is 16.0. The normalized spacial score (nSPS) is 13.1. The Morgan fingerprint density at radius 1 is 1.19 bits per heavy atom. The number of hydrogen-bond acceptors (Lipinski definition) is 3. The van der Waals surface area contributed by atoms with Crippen LogP contribution in [-0.4, -0.2) is 8.42 Å². The molecule has 0 amide bonds. The molecule has 0 saturated heterocycles. The number of hydrogen-bond donors (Lipinski definition) is 2. The Hall–Kier alpha value is -1.37. The Bertz CT molecular complexity index is 760. The molecule has 6 heteroatoms. The third-order valence-corrected chi connectivity index (χ3v) is 5.53. The minimum atomic E-state index is -3.61. The van der Waals surface area contributed by atoms with E-state index in [0.29, 0.717) is 10.2 Å². The van der Waals surface area contributed by atoms with Gasteiger partial charge in [-0.25, -0.2) is 13.1 Å². The SMILES string of the molecule is Cc1ccccc1C(C)NS(=O)(=O)c1ccc(Br)c(N)c1. The minimum Gasteiger partial charge on any atom is -0.398 e. The summed E-state index contributed by atoms with van der Waals surface area (Å²) < 4.78 is 28.2. The zero-order valence-electron chi connectivity index (χ0n) is 11.8. The average molecular weight is 369 g/mol. The summed E-state index contributed by atoms with van der Waals surface area (Å²) in [6.07, 6.45) is 0. The molecule has 21 heavy (non-hydrogen) atoms. The number of aryl methyl sites for hydroxylation is 1. The van der Waals surface area contributed by atoms with Crippen molar-refractivity contribution < 1.29 is 8.42 Å². The molecule has 112 valence electrons. The number of nitrogens with two attached hydrogens (primary N) is 1. The molecule has 0 aliphatic rings. The maximum atomic E-state index is 12.4. The van der Waals surface area contributed by atoms with Crippen molar-refractivity contribution in [2.45, 2.75) is 24.8 Å². The van der Waals surface area contributed by atoms with Crippen molar-refractivity contribution in [3.05, 3.63) is 58.1 Å². The van der Waals surface area contributed by atoms with Crippen molar-refractivity contribution in [2.24, 2.45) is 0 Å². The summed E-state index contributed by atoms with van der Waals surface area (Å²) in [6, 6.07) is 12.0. The monoisotopic (exact) mass is 368 g/mol. The summed E-state index contributed by atoms with van der Waals surface area (Å²) in [5.41, 5.74) is 8.13. The lowest BCUT2D eigenvalue weighted by Crippen LogP contribution is -2.27. The van der Waals surface area contributed by atoms with E-state index in [1.165, 1.54) is 12.1 Å². The van der Waals surface area contributed by atoms with Gasteiger partial charge in [0.1, 0.15) is 0 Å². The lowest BCUT2D eigenvalue weighted by Gasteiger charge is -2.17. The van der Waals surface area contributed by atoms with Gasteiger partial charge in [-0.05, 0) is 59.1 Å². The second-order valence-electron chi connectivity index (χ2n) is 4.88. The van der Waals surface area contributed by atoms with Gasteiger partial charge in [0, 0.05) is 16.2 Å². The first-order chi connectivity index (χ1) is 9.81. The van der Waals surface area contributed by atoms with Crippen LogP contribution in [0.1, 0.15) is 24.1 Å². The van der Waals surface area contributed by atoms with E-state index in [2.05, 4.69) is 20.7 Å². The van der Waals surface area contributed by atoms with Crippen molar-refractivity contribution in [1.29, 1.82) is 0 Å². The molecule has 2 aromatic carbocycles. The van der Waals surface area contributed by atoms with E-state index < -0.39 is 10.0 Å². The van der Waals surface area contributed by atoms with Crippen molar-refractivity contribution in [3.8, 4) is 0 Å². The smallest absolute Gasteiger partial charge is 0.241 e. The summed E-state index contributed by atoms with van der Waals surface area (Å²) in [5, 5.41) is 0. The molecule has 0 heterocycles. The summed E-state index contributed by atoms with van der Waals surface area (Å²) >= 11 is 3.25. The number of sulfonamides is 1. The highest BCUT2D eigenvalue weighted by Crippen LogP contribution is 2.24. The molecule has 0 fully saturated rings. The Morgan fingerprint density at radius 2 is 1.86 bits per heavy atom. The summed E-state index contributed by atoms with van der Waals surface area (Å²) in [5.74, 6) is 0. The van der Waals surface area contributed by atoms with E-state index >= 15 is 0 Å². The van der Waals surface area contributed by atoms with Gasteiger partial charge in [-0.1, -0.05) is 24.3 Å². The molecule has 2 rings (SSSR count). The van der Waals surface area contributed by atoms with Crippen LogP contribution in [0.15, 0.2) is 51.8 Å². The molecule has 0 aromatic heterocycles. The first-order valence-corrected chi connectivity index (χ1v) is 8.72. The number of halogens is 1. The van der Waals surface area contributed by atoms with Crippen LogP contribution in [-0.2, 0) is 10.0 Å². The fourth-order valence-corrected chi connectivity index (χ4v) is 3.63. The second-order valence-corrected chi connectivity index (χ2v) is 7.45. The molecule has 0 aliphatic heterocycles. The Balaban J connectivity index is 2.29. The predicted octanol–water partition coefficient (Wildman–Crippen LogP) is 3.38. The van der Waals surface area contributed by atoms with Crippen LogP contribution in [0, 0.1) is 6.92 Å². The lowest BCUT2D eigenvalue weighted by molar-refractivity contribution is 0.566. The van der Waals surface area contributed by atoms with Crippen molar-refractivity contribution in [2.75, 3.05) is 5.73 Å². The molecule has 0 saturated carbocycles. The molecular formula is C15H17BrN2O2S. The summed E-state index contributed by atoms with van der Waals surface area (Å²) in [4.78, 5) is 0.156. The predicted molar refractivity (Wildman–Crippen MR) is 88.5 cm³/mol. The Labute approximate surface area is 133 Å². The molecule has 4 nitrogen and oxygen atoms in total. The van der Waals surface area contributed by atoms with Gasteiger partial charge in [-0.3, -0.25) is 0 Å². The number of anilines is 1. The van der Waals surface area contributed by atoms with Crippen LogP contribution in [0.3, 0.4) is 0 Å². The molecular weight excluding hydrogens is 352 g/mol. The third kappa shape index (κ3) is 3.64. The van der Waals surface area contributed by atoms with Gasteiger partial charge < -0.3 is 5.73 Å². The fraction of sp³-hybridized carbons (Fsp3) is 0.200. The lowest BCUT2D eigenvalue weighted by atomic mass is 10.0. The number of benzene rings is 2. The van der Waals surface area contributed by atoms with Crippen molar-refractivity contribution in [3.63, 3.8) is 0 Å². The zero-order chi connectivity index (χ0) is 15.6. The molecule has 1 unspecified atom stereocenters. The standard InChI is InChI=1S/C15H17BrN2O2S/c1-10-5-3-4-6-13(10)11(2)18-21(19,20)12-7-8-14(16)15(17)9-12/h3-9,11,18H,17H2,1-2H3. The zero-order valence-corrected chi connectivity index (χ0v) is 14.2. The highest BCUT2D eigenvalue weighted by Gasteiger charge is 2.19. The average Bonchev–Trinajstić information content (AvgIpc) is 2.41. The molecule has 1 atom stereocenters. The van der Waals surface area contributed by atoms with Crippen LogP contribution >= 0.6 is 15.9 Å². The number of nitrogens with one attached hydrogen (secondary N) is 1. The van der Waals surface area contributed by atoms with Crippen LogP contribution in [0.2, 0.25) is 0 Å². The van der Waals surface area contributed by atoms with Gasteiger partial charge in [-0.2, -0.15) is 0 Å². The number of nitrogen functional groups attached to an aromatic ring is 1.